The Bertz CT molecular complexity index is 317. The summed E-state index contributed by atoms with van der Waals surface area (Å²) in [4.78, 5) is 19.9. The largest absolute Gasteiger partial charge is 0.478 e. The first-order chi connectivity index (χ1) is 8.07. The van der Waals surface area contributed by atoms with Gasteiger partial charge < -0.3 is 20.4 Å². The van der Waals surface area contributed by atoms with Crippen molar-refractivity contribution in [3.63, 3.8) is 0 Å². The summed E-state index contributed by atoms with van der Waals surface area (Å²) in [6.07, 6.45) is -0.140. The van der Waals surface area contributed by atoms with Crippen molar-refractivity contribution in [1.82, 2.24) is 0 Å². The van der Waals surface area contributed by atoms with Gasteiger partial charge in [0.15, 0.2) is 0 Å². The first-order valence-electron chi connectivity index (χ1n) is 5.24. The lowest BCUT2D eigenvalue weighted by Gasteiger charge is -2.07. The van der Waals surface area contributed by atoms with Crippen LogP contribution < -0.4 is 0 Å². The van der Waals surface area contributed by atoms with Crippen molar-refractivity contribution in [3.8, 4) is 0 Å². The molecule has 0 saturated carbocycles. The molecule has 0 spiro atoms. The van der Waals surface area contributed by atoms with E-state index in [9.17, 15) is 9.59 Å². The van der Waals surface area contributed by atoms with Gasteiger partial charge in [0, 0.05) is 17.6 Å². The van der Waals surface area contributed by atoms with Gasteiger partial charge in [-0.2, -0.15) is 0 Å². The Morgan fingerprint density at radius 3 is 1.78 bits per heavy atom. The van der Waals surface area contributed by atoms with Gasteiger partial charge in [0.25, 0.3) is 0 Å². The fraction of sp³-hybridized carbons (Fsp3) is 0.500. The number of hydrogen-bond acceptors (Lipinski definition) is 4. The minimum Gasteiger partial charge on any atom is -0.478 e. The fourth-order valence-corrected chi connectivity index (χ4v) is 0.777. The van der Waals surface area contributed by atoms with Crippen molar-refractivity contribution < 1.29 is 30.0 Å². The van der Waals surface area contributed by atoms with Crippen LogP contribution in [-0.4, -0.2) is 44.6 Å². The van der Waals surface area contributed by atoms with Crippen LogP contribution in [0.5, 0.6) is 0 Å². The lowest BCUT2D eigenvalue weighted by molar-refractivity contribution is -0.133. The second-order valence-electron chi connectivity index (χ2n) is 3.89. The molecule has 0 saturated heterocycles. The van der Waals surface area contributed by atoms with E-state index in [0.29, 0.717) is 0 Å². The molecule has 0 aliphatic rings. The number of aliphatic carboxylic acids is 2. The van der Waals surface area contributed by atoms with Crippen molar-refractivity contribution in [2.75, 3.05) is 0 Å². The monoisotopic (exact) mass is 260 g/mol. The molecule has 0 heterocycles. The van der Waals surface area contributed by atoms with E-state index in [1.165, 1.54) is 26.8 Å². The molecule has 2 unspecified atom stereocenters. The maximum atomic E-state index is 10.3. The predicted octanol–water partition coefficient (Wildman–Crippen LogP) is 0.796. The van der Waals surface area contributed by atoms with Gasteiger partial charge in [0.2, 0.25) is 0 Å². The second kappa shape index (κ2) is 9.38. The van der Waals surface area contributed by atoms with E-state index < -0.39 is 24.1 Å². The number of carboxylic acid groups (broad SMARTS) is 2. The molecule has 6 heteroatoms. The van der Waals surface area contributed by atoms with Crippen molar-refractivity contribution in [1.29, 1.82) is 0 Å². The van der Waals surface area contributed by atoms with Gasteiger partial charge in [-0.05, 0) is 26.8 Å². The Morgan fingerprint density at radius 2 is 1.56 bits per heavy atom. The molecule has 0 aromatic heterocycles. The molecule has 4 N–H and O–H groups in total. The van der Waals surface area contributed by atoms with Gasteiger partial charge in [-0.3, -0.25) is 0 Å². The average molecular weight is 260 g/mol. The molecule has 2 atom stereocenters. The summed E-state index contributed by atoms with van der Waals surface area (Å²) < 4.78 is 0. The number of carboxylic acids is 2. The van der Waals surface area contributed by atoms with Gasteiger partial charge in [0.1, 0.15) is 0 Å². The number of aliphatic hydroxyl groups excluding tert-OH is 2. The standard InChI is InChI=1S/C8H14O4.C4H6O2/c1-5(8(11)12)3-7(10)4-6(2)9;1-3(2)4(5)6/h3,6-7,9-10H,4H2,1-2H3,(H,11,12);1H2,2H3,(H,5,6). The van der Waals surface area contributed by atoms with Crippen molar-refractivity contribution in [2.45, 2.75) is 39.4 Å². The molecule has 0 aliphatic heterocycles. The highest BCUT2D eigenvalue weighted by Crippen LogP contribution is 2.02. The summed E-state index contributed by atoms with van der Waals surface area (Å²) in [6.45, 7) is 7.53. The van der Waals surface area contributed by atoms with Crippen molar-refractivity contribution in [2.24, 2.45) is 0 Å². The highest BCUT2D eigenvalue weighted by molar-refractivity contribution is 5.85. The quantitative estimate of drug-likeness (QED) is 0.543. The Morgan fingerprint density at radius 1 is 1.17 bits per heavy atom. The molecule has 0 aliphatic carbocycles. The van der Waals surface area contributed by atoms with E-state index in [1.54, 1.807) is 0 Å². The van der Waals surface area contributed by atoms with Gasteiger partial charge in [-0.15, -0.1) is 0 Å². The fourth-order valence-electron chi connectivity index (χ4n) is 0.777. The van der Waals surface area contributed by atoms with E-state index >= 15 is 0 Å². The van der Waals surface area contributed by atoms with Crippen molar-refractivity contribution >= 4 is 11.9 Å². The van der Waals surface area contributed by atoms with Gasteiger partial charge >= 0.3 is 11.9 Å². The molecule has 0 aromatic carbocycles. The minimum absolute atomic E-state index is 0.0863. The highest BCUT2D eigenvalue weighted by atomic mass is 16.4. The molecule has 104 valence electrons. The summed E-state index contributed by atoms with van der Waals surface area (Å²) in [5.41, 5.74) is 0.262. The number of aliphatic hydroxyl groups is 2. The number of hydrogen-bond donors (Lipinski definition) is 4. The zero-order valence-electron chi connectivity index (χ0n) is 10.8. The molecule has 0 fully saturated rings. The zero-order valence-corrected chi connectivity index (χ0v) is 10.8. The first-order valence-corrected chi connectivity index (χ1v) is 5.24. The minimum atomic E-state index is -1.06. The van der Waals surface area contributed by atoms with E-state index in [-0.39, 0.29) is 17.6 Å². The van der Waals surface area contributed by atoms with E-state index in [1.807, 2.05) is 0 Å². The third-order valence-corrected chi connectivity index (χ3v) is 1.73. The summed E-state index contributed by atoms with van der Waals surface area (Å²) in [7, 11) is 0. The predicted molar refractivity (Wildman–Crippen MR) is 66.1 cm³/mol. The van der Waals surface area contributed by atoms with Crippen LogP contribution in [0.4, 0.5) is 0 Å². The third kappa shape index (κ3) is 12.4. The lowest BCUT2D eigenvalue weighted by atomic mass is 10.1. The van der Waals surface area contributed by atoms with Crippen LogP contribution in [0.2, 0.25) is 0 Å². The van der Waals surface area contributed by atoms with E-state index in [0.717, 1.165) is 0 Å². The Balaban J connectivity index is 0. The van der Waals surface area contributed by atoms with Crippen LogP contribution in [0.1, 0.15) is 27.2 Å². The van der Waals surface area contributed by atoms with Gasteiger partial charge in [-0.1, -0.05) is 6.58 Å². The molecule has 0 bridgehead atoms. The molecular formula is C12H20O6. The molecular weight excluding hydrogens is 240 g/mol. The molecule has 0 radical (unpaired) electrons. The molecule has 6 nitrogen and oxygen atoms in total. The van der Waals surface area contributed by atoms with E-state index in [4.69, 9.17) is 20.4 Å². The summed E-state index contributed by atoms with van der Waals surface area (Å²) >= 11 is 0. The molecule has 0 amide bonds. The highest BCUT2D eigenvalue weighted by Gasteiger charge is 2.07. The average Bonchev–Trinajstić information content (AvgIpc) is 2.16. The SMILES string of the molecule is C=C(C)C(=O)O.CC(=CC(O)CC(C)O)C(=O)O. The topological polar surface area (TPSA) is 115 Å². The second-order valence-corrected chi connectivity index (χ2v) is 3.89. The first kappa shape index (κ1) is 18.7. The lowest BCUT2D eigenvalue weighted by Crippen LogP contribution is -2.13. The smallest absolute Gasteiger partial charge is 0.331 e. The summed E-state index contributed by atoms with van der Waals surface area (Å²) in [5, 5.41) is 34.3. The Labute approximate surface area is 106 Å². The van der Waals surface area contributed by atoms with Gasteiger partial charge in [0.05, 0.1) is 12.2 Å². The molecule has 0 aromatic rings. The van der Waals surface area contributed by atoms with Crippen LogP contribution in [0.3, 0.4) is 0 Å². The maximum absolute atomic E-state index is 10.3. The molecule has 0 rings (SSSR count). The Kier molecular flexibility index (Phi) is 9.74. The number of carbonyl (C=O) groups is 2. The van der Waals surface area contributed by atoms with Crippen LogP contribution in [0.25, 0.3) is 0 Å². The van der Waals surface area contributed by atoms with Gasteiger partial charge in [-0.25, -0.2) is 9.59 Å². The summed E-state index contributed by atoms with van der Waals surface area (Å²) in [6, 6.07) is 0. The maximum Gasteiger partial charge on any atom is 0.331 e. The van der Waals surface area contributed by atoms with Crippen molar-refractivity contribution in [3.05, 3.63) is 23.8 Å². The van der Waals surface area contributed by atoms with Crippen LogP contribution in [0, 0.1) is 0 Å². The molecule has 18 heavy (non-hydrogen) atoms. The van der Waals surface area contributed by atoms with Crippen LogP contribution >= 0.6 is 0 Å². The van der Waals surface area contributed by atoms with Crippen LogP contribution in [-0.2, 0) is 9.59 Å². The number of rotatable bonds is 5. The zero-order chi connectivity index (χ0) is 14.9. The van der Waals surface area contributed by atoms with E-state index in [2.05, 4.69) is 6.58 Å². The normalized spacial score (nSPS) is 13.9. The van der Waals surface area contributed by atoms with Crippen LogP contribution in [0.15, 0.2) is 23.8 Å². The third-order valence-electron chi connectivity index (χ3n) is 1.73. The Hall–Kier alpha value is -1.66. The summed E-state index contributed by atoms with van der Waals surface area (Å²) in [5.74, 6) is -1.99.